The molecule has 124 valence electrons. The molecule has 0 unspecified atom stereocenters. The fourth-order valence-corrected chi connectivity index (χ4v) is 3.98. The second-order valence-electron chi connectivity index (χ2n) is 5.74. The van der Waals surface area contributed by atoms with Crippen LogP contribution in [0.2, 0.25) is 0 Å². The Kier molecular flexibility index (Phi) is 3.70. The average molecular weight is 339 g/mol. The van der Waals surface area contributed by atoms with E-state index in [9.17, 15) is 8.42 Å². The predicted molar refractivity (Wildman–Crippen MR) is 78.2 cm³/mol. The van der Waals surface area contributed by atoms with Gasteiger partial charge in [0.2, 0.25) is 11.0 Å². The summed E-state index contributed by atoms with van der Waals surface area (Å²) in [5.41, 5.74) is 0.481. The molecule has 1 saturated carbocycles. The van der Waals surface area contributed by atoms with Crippen LogP contribution in [0.15, 0.2) is 26.3 Å². The van der Waals surface area contributed by atoms with E-state index in [4.69, 9.17) is 13.6 Å². The highest BCUT2D eigenvalue weighted by Crippen LogP contribution is 2.36. The van der Waals surface area contributed by atoms with Gasteiger partial charge in [0.05, 0.1) is 18.8 Å². The van der Waals surface area contributed by atoms with Crippen molar-refractivity contribution in [3.63, 3.8) is 0 Å². The summed E-state index contributed by atoms with van der Waals surface area (Å²) in [4.78, 5) is 0. The molecule has 0 N–H and O–H groups in total. The summed E-state index contributed by atoms with van der Waals surface area (Å²) in [5.74, 6) is 1.24. The Hall–Kier alpha value is -1.71. The van der Waals surface area contributed by atoms with Crippen LogP contribution in [-0.2, 0) is 14.8 Å². The second kappa shape index (κ2) is 5.73. The molecule has 2 fully saturated rings. The van der Waals surface area contributed by atoms with E-state index in [0.717, 1.165) is 12.8 Å². The standard InChI is InChI=1S/C14H17N3O5S/c18-23(19,17-4-6-20-7-5-17)12-8-11(9-21-12)14-16-15-13(22-14)10-2-1-3-10/h8-10H,1-7H2. The molecule has 1 aliphatic carbocycles. The van der Waals surface area contributed by atoms with Gasteiger partial charge in [0.25, 0.3) is 15.9 Å². The number of aromatic nitrogens is 2. The molecular weight excluding hydrogens is 322 g/mol. The summed E-state index contributed by atoms with van der Waals surface area (Å²) in [5, 5.41) is 7.92. The first-order valence-corrected chi connectivity index (χ1v) is 9.09. The van der Waals surface area contributed by atoms with Gasteiger partial charge in [-0.15, -0.1) is 10.2 Å². The molecule has 3 heterocycles. The number of sulfonamides is 1. The first-order valence-electron chi connectivity index (χ1n) is 7.65. The lowest BCUT2D eigenvalue weighted by Gasteiger charge is -2.24. The smallest absolute Gasteiger partial charge is 0.276 e. The molecule has 2 aliphatic rings. The van der Waals surface area contributed by atoms with Crippen LogP contribution in [0.4, 0.5) is 0 Å². The Morgan fingerprint density at radius 2 is 1.96 bits per heavy atom. The normalized spacial score (nSPS) is 20.5. The van der Waals surface area contributed by atoms with Crippen molar-refractivity contribution in [1.82, 2.24) is 14.5 Å². The van der Waals surface area contributed by atoms with Crippen LogP contribution in [-0.4, -0.2) is 49.2 Å². The van der Waals surface area contributed by atoms with Crippen molar-refractivity contribution in [1.29, 1.82) is 0 Å². The van der Waals surface area contributed by atoms with Crippen molar-refractivity contribution in [3.05, 3.63) is 18.2 Å². The minimum atomic E-state index is -3.66. The van der Waals surface area contributed by atoms with E-state index in [1.165, 1.54) is 23.1 Å². The van der Waals surface area contributed by atoms with E-state index < -0.39 is 10.0 Å². The third-order valence-corrected chi connectivity index (χ3v) is 6.05. The Morgan fingerprint density at radius 1 is 1.17 bits per heavy atom. The molecule has 0 atom stereocenters. The second-order valence-corrected chi connectivity index (χ2v) is 7.61. The van der Waals surface area contributed by atoms with E-state index in [-0.39, 0.29) is 5.09 Å². The Morgan fingerprint density at radius 3 is 2.65 bits per heavy atom. The lowest BCUT2D eigenvalue weighted by molar-refractivity contribution is 0.0724. The van der Waals surface area contributed by atoms with Crippen molar-refractivity contribution in [3.8, 4) is 11.5 Å². The van der Waals surface area contributed by atoms with E-state index in [1.54, 1.807) is 0 Å². The number of morpholine rings is 1. The number of ether oxygens (including phenoxy) is 1. The Bertz CT molecular complexity index is 787. The van der Waals surface area contributed by atoms with Crippen molar-refractivity contribution in [2.24, 2.45) is 0 Å². The molecule has 0 aromatic carbocycles. The summed E-state index contributed by atoms with van der Waals surface area (Å²) >= 11 is 0. The van der Waals surface area contributed by atoms with Gasteiger partial charge in [-0.05, 0) is 12.8 Å². The van der Waals surface area contributed by atoms with Crippen LogP contribution in [0.5, 0.6) is 0 Å². The fourth-order valence-electron chi connectivity index (χ4n) is 2.65. The van der Waals surface area contributed by atoms with E-state index in [0.29, 0.717) is 49.6 Å². The molecule has 1 aliphatic heterocycles. The number of nitrogens with zero attached hydrogens (tertiary/aromatic N) is 3. The summed E-state index contributed by atoms with van der Waals surface area (Å²) in [6.07, 6.45) is 4.63. The molecule has 0 bridgehead atoms. The van der Waals surface area contributed by atoms with Gasteiger partial charge in [-0.3, -0.25) is 0 Å². The minimum Gasteiger partial charge on any atom is -0.451 e. The van der Waals surface area contributed by atoms with Crippen LogP contribution in [0.1, 0.15) is 31.1 Å². The summed E-state index contributed by atoms with van der Waals surface area (Å²) < 4.78 is 42.4. The van der Waals surface area contributed by atoms with Crippen LogP contribution in [0.3, 0.4) is 0 Å². The van der Waals surface area contributed by atoms with Gasteiger partial charge in [0.1, 0.15) is 6.26 Å². The molecule has 9 heteroatoms. The van der Waals surface area contributed by atoms with Crippen molar-refractivity contribution in [2.75, 3.05) is 26.3 Å². The molecule has 0 spiro atoms. The first kappa shape index (κ1) is 14.9. The molecule has 4 rings (SSSR count). The van der Waals surface area contributed by atoms with Crippen LogP contribution < -0.4 is 0 Å². The minimum absolute atomic E-state index is 0.113. The van der Waals surface area contributed by atoms with Crippen LogP contribution in [0.25, 0.3) is 11.5 Å². The third kappa shape index (κ3) is 2.68. The van der Waals surface area contributed by atoms with Gasteiger partial charge in [0.15, 0.2) is 0 Å². The zero-order valence-corrected chi connectivity index (χ0v) is 13.3. The Labute approximate surface area is 133 Å². The fraction of sp³-hybridized carbons (Fsp3) is 0.571. The molecule has 23 heavy (non-hydrogen) atoms. The van der Waals surface area contributed by atoms with E-state index in [2.05, 4.69) is 10.2 Å². The number of hydrogen-bond donors (Lipinski definition) is 0. The zero-order chi connectivity index (χ0) is 15.9. The van der Waals surface area contributed by atoms with Crippen LogP contribution >= 0.6 is 0 Å². The molecule has 2 aromatic heterocycles. The molecular formula is C14H17N3O5S. The van der Waals surface area contributed by atoms with Crippen molar-refractivity contribution < 1.29 is 22.0 Å². The monoisotopic (exact) mass is 339 g/mol. The number of hydrogen-bond acceptors (Lipinski definition) is 7. The highest BCUT2D eigenvalue weighted by Gasteiger charge is 2.30. The summed E-state index contributed by atoms with van der Waals surface area (Å²) in [6.45, 7) is 1.43. The maximum atomic E-state index is 12.5. The molecule has 0 amide bonds. The third-order valence-electron chi connectivity index (χ3n) is 4.28. The van der Waals surface area contributed by atoms with Gasteiger partial charge in [-0.2, -0.15) is 4.31 Å². The van der Waals surface area contributed by atoms with E-state index in [1.807, 2.05) is 0 Å². The van der Waals surface area contributed by atoms with E-state index >= 15 is 0 Å². The largest absolute Gasteiger partial charge is 0.451 e. The molecule has 1 saturated heterocycles. The molecule has 0 radical (unpaired) electrons. The van der Waals surface area contributed by atoms with Crippen molar-refractivity contribution in [2.45, 2.75) is 30.3 Å². The van der Waals surface area contributed by atoms with Gasteiger partial charge in [-0.25, -0.2) is 8.42 Å². The van der Waals surface area contributed by atoms with Gasteiger partial charge in [0, 0.05) is 25.1 Å². The number of rotatable bonds is 4. The van der Waals surface area contributed by atoms with Crippen LogP contribution in [0, 0.1) is 0 Å². The van der Waals surface area contributed by atoms with Gasteiger partial charge >= 0.3 is 0 Å². The van der Waals surface area contributed by atoms with Gasteiger partial charge in [-0.1, -0.05) is 6.42 Å². The number of furan rings is 1. The quantitative estimate of drug-likeness (QED) is 0.834. The molecule has 2 aromatic rings. The summed E-state index contributed by atoms with van der Waals surface area (Å²) in [7, 11) is -3.66. The highest BCUT2D eigenvalue weighted by atomic mass is 32.2. The SMILES string of the molecule is O=S(=O)(c1cc(-c2nnc(C3CCC3)o2)co1)N1CCOCC1. The van der Waals surface area contributed by atoms with Gasteiger partial charge < -0.3 is 13.6 Å². The average Bonchev–Trinajstić information content (AvgIpc) is 3.15. The first-order chi connectivity index (χ1) is 11.1. The summed E-state index contributed by atoms with van der Waals surface area (Å²) in [6, 6.07) is 1.43. The Balaban J connectivity index is 1.57. The topological polar surface area (TPSA) is 98.7 Å². The zero-order valence-electron chi connectivity index (χ0n) is 12.5. The van der Waals surface area contributed by atoms with Crippen molar-refractivity contribution >= 4 is 10.0 Å². The highest BCUT2D eigenvalue weighted by molar-refractivity contribution is 7.89. The maximum absolute atomic E-state index is 12.5. The predicted octanol–water partition coefficient (Wildman–Crippen LogP) is 1.62. The lowest BCUT2D eigenvalue weighted by atomic mass is 9.85. The molecule has 8 nitrogen and oxygen atoms in total. The maximum Gasteiger partial charge on any atom is 0.276 e. The lowest BCUT2D eigenvalue weighted by Crippen LogP contribution is -2.40.